The van der Waals surface area contributed by atoms with E-state index in [1.165, 1.54) is 6.08 Å². The van der Waals surface area contributed by atoms with E-state index in [0.717, 1.165) is 35.9 Å². The van der Waals surface area contributed by atoms with Crippen LogP contribution in [0.15, 0.2) is 35.5 Å². The summed E-state index contributed by atoms with van der Waals surface area (Å²) in [7, 11) is 0. The molecule has 0 aliphatic heterocycles. The first-order chi connectivity index (χ1) is 12.5. The lowest BCUT2D eigenvalue weighted by Gasteiger charge is -2.11. The lowest BCUT2D eigenvalue weighted by atomic mass is 10.2. The van der Waals surface area contributed by atoms with Crippen LogP contribution in [-0.2, 0) is 17.8 Å². The molecule has 1 aromatic heterocycles. The molecule has 0 unspecified atom stereocenters. The predicted octanol–water partition coefficient (Wildman–Crippen LogP) is 4.07. The van der Waals surface area contributed by atoms with Crippen LogP contribution in [-0.4, -0.2) is 33.5 Å². The van der Waals surface area contributed by atoms with Gasteiger partial charge in [0.05, 0.1) is 0 Å². The Bertz CT molecular complexity index is 758. The number of carbonyl (C=O) groups excluding carboxylic acids is 1. The van der Waals surface area contributed by atoms with Gasteiger partial charge in [-0.1, -0.05) is 49.3 Å². The maximum absolute atomic E-state index is 11.9. The number of thioether (sulfide) groups is 1. The third-order valence-electron chi connectivity index (χ3n) is 3.68. The van der Waals surface area contributed by atoms with Gasteiger partial charge in [-0.3, -0.25) is 4.79 Å². The molecule has 0 aliphatic rings. The molecule has 0 aliphatic carbocycles. The zero-order chi connectivity index (χ0) is 18.9. The molecule has 26 heavy (non-hydrogen) atoms. The highest BCUT2D eigenvalue weighted by Crippen LogP contribution is 2.16. The Morgan fingerprint density at radius 3 is 2.88 bits per heavy atom. The minimum absolute atomic E-state index is 0.113. The molecular weight excluding hydrogens is 368 g/mol. The summed E-state index contributed by atoms with van der Waals surface area (Å²) < 4.78 is 2.18. The molecule has 1 aromatic carbocycles. The number of rotatable bonds is 9. The van der Waals surface area contributed by atoms with Gasteiger partial charge in [-0.15, -0.1) is 10.2 Å². The number of hydrogen-bond donors (Lipinski definition) is 1. The van der Waals surface area contributed by atoms with E-state index < -0.39 is 0 Å². The summed E-state index contributed by atoms with van der Waals surface area (Å²) in [6.45, 7) is 5.87. The van der Waals surface area contributed by atoms with E-state index in [4.69, 9.17) is 11.6 Å². The lowest BCUT2D eigenvalue weighted by molar-refractivity contribution is -0.116. The summed E-state index contributed by atoms with van der Waals surface area (Å²) in [4.78, 5) is 11.9. The standard InChI is InChI=1S/C19H25ClN4OS/c1-14(2)13-24-17(22-23-19(24)26-3)8-5-11-21-18(25)10-9-15-6-4-7-16(20)12-15/h4,6-7,9-10,12,14H,5,8,11,13H2,1-3H3,(H,21,25). The van der Waals surface area contributed by atoms with Gasteiger partial charge in [-0.2, -0.15) is 0 Å². The average Bonchev–Trinajstić information content (AvgIpc) is 2.98. The maximum Gasteiger partial charge on any atom is 0.243 e. The molecule has 0 fully saturated rings. The first-order valence-electron chi connectivity index (χ1n) is 8.67. The average molecular weight is 393 g/mol. The fourth-order valence-corrected chi connectivity index (χ4v) is 3.22. The molecule has 1 heterocycles. The van der Waals surface area contributed by atoms with Gasteiger partial charge in [0.2, 0.25) is 5.91 Å². The summed E-state index contributed by atoms with van der Waals surface area (Å²) in [6, 6.07) is 7.38. The zero-order valence-electron chi connectivity index (χ0n) is 15.4. The lowest BCUT2D eigenvalue weighted by Crippen LogP contribution is -2.23. The topological polar surface area (TPSA) is 59.8 Å². The third-order valence-corrected chi connectivity index (χ3v) is 4.58. The quantitative estimate of drug-likeness (QED) is 0.397. The number of hydrogen-bond acceptors (Lipinski definition) is 4. The van der Waals surface area contributed by atoms with Crippen LogP contribution >= 0.6 is 23.4 Å². The molecule has 7 heteroatoms. The fourth-order valence-electron chi connectivity index (χ4n) is 2.50. The predicted molar refractivity (Wildman–Crippen MR) is 108 cm³/mol. The van der Waals surface area contributed by atoms with Gasteiger partial charge in [0.15, 0.2) is 5.16 Å². The van der Waals surface area contributed by atoms with E-state index in [0.29, 0.717) is 17.5 Å². The first-order valence-corrected chi connectivity index (χ1v) is 10.3. The van der Waals surface area contributed by atoms with Crippen LogP contribution in [0.4, 0.5) is 0 Å². The van der Waals surface area contributed by atoms with Gasteiger partial charge in [0.25, 0.3) is 0 Å². The van der Waals surface area contributed by atoms with Crippen LogP contribution in [0.2, 0.25) is 5.02 Å². The zero-order valence-corrected chi connectivity index (χ0v) is 17.0. The van der Waals surface area contributed by atoms with Crippen molar-refractivity contribution >= 4 is 35.3 Å². The van der Waals surface area contributed by atoms with Crippen LogP contribution in [0, 0.1) is 5.92 Å². The second kappa shape index (κ2) is 10.4. The van der Waals surface area contributed by atoms with Gasteiger partial charge < -0.3 is 9.88 Å². The van der Waals surface area contributed by atoms with Crippen LogP contribution in [0.25, 0.3) is 6.08 Å². The molecule has 5 nitrogen and oxygen atoms in total. The van der Waals surface area contributed by atoms with Gasteiger partial charge in [-0.05, 0) is 42.4 Å². The molecule has 1 N–H and O–H groups in total. The van der Waals surface area contributed by atoms with Crippen molar-refractivity contribution < 1.29 is 4.79 Å². The van der Waals surface area contributed by atoms with Crippen LogP contribution in [0.5, 0.6) is 0 Å². The van der Waals surface area contributed by atoms with Crippen LogP contribution < -0.4 is 5.32 Å². The van der Waals surface area contributed by atoms with Crippen molar-refractivity contribution in [2.24, 2.45) is 5.92 Å². The first kappa shape index (κ1) is 20.5. The van der Waals surface area contributed by atoms with Gasteiger partial charge in [0.1, 0.15) is 5.82 Å². The summed E-state index contributed by atoms with van der Waals surface area (Å²) in [6.07, 6.45) is 6.90. The SMILES string of the molecule is CSc1nnc(CCCNC(=O)C=Cc2cccc(Cl)c2)n1CC(C)C. The minimum atomic E-state index is -0.113. The number of benzene rings is 1. The molecule has 1 amide bonds. The second-order valence-electron chi connectivity index (χ2n) is 6.39. The highest BCUT2D eigenvalue weighted by Gasteiger charge is 2.12. The molecule has 2 rings (SSSR count). The Balaban J connectivity index is 1.80. The van der Waals surface area contributed by atoms with Gasteiger partial charge in [-0.25, -0.2) is 0 Å². The molecular formula is C19H25ClN4OS. The highest BCUT2D eigenvalue weighted by atomic mass is 35.5. The molecule has 0 bridgehead atoms. The van der Waals surface area contributed by atoms with Crippen molar-refractivity contribution in [1.29, 1.82) is 0 Å². The number of nitrogens with one attached hydrogen (secondary N) is 1. The number of halogens is 1. The van der Waals surface area contributed by atoms with Crippen LogP contribution in [0.3, 0.4) is 0 Å². The van der Waals surface area contributed by atoms with Crippen molar-refractivity contribution in [3.05, 3.63) is 46.8 Å². The molecule has 2 aromatic rings. The summed E-state index contributed by atoms with van der Waals surface area (Å²) >= 11 is 7.54. The van der Waals surface area contributed by atoms with Gasteiger partial charge >= 0.3 is 0 Å². The normalized spacial score (nSPS) is 11.4. The van der Waals surface area contributed by atoms with Crippen molar-refractivity contribution in [2.75, 3.05) is 12.8 Å². The smallest absolute Gasteiger partial charge is 0.243 e. The van der Waals surface area contributed by atoms with E-state index >= 15 is 0 Å². The molecule has 0 saturated heterocycles. The maximum atomic E-state index is 11.9. The van der Waals surface area contributed by atoms with E-state index in [2.05, 4.69) is 33.9 Å². The summed E-state index contributed by atoms with van der Waals surface area (Å²) in [5, 5.41) is 13.0. The molecule has 0 spiro atoms. The molecule has 0 atom stereocenters. The van der Waals surface area contributed by atoms with Crippen LogP contribution in [0.1, 0.15) is 31.7 Å². The largest absolute Gasteiger partial charge is 0.353 e. The Labute approximate surface area is 164 Å². The number of aromatic nitrogens is 3. The fraction of sp³-hybridized carbons (Fsp3) is 0.421. The third kappa shape index (κ3) is 6.50. The van der Waals surface area contributed by atoms with E-state index in [9.17, 15) is 4.79 Å². The molecule has 0 radical (unpaired) electrons. The van der Waals surface area contributed by atoms with Gasteiger partial charge in [0, 0.05) is 30.6 Å². The Kier molecular flexibility index (Phi) is 8.19. The Morgan fingerprint density at radius 1 is 1.38 bits per heavy atom. The minimum Gasteiger partial charge on any atom is -0.353 e. The number of nitrogens with zero attached hydrogens (tertiary/aromatic N) is 3. The summed E-state index contributed by atoms with van der Waals surface area (Å²) in [5.41, 5.74) is 0.902. The van der Waals surface area contributed by atoms with Crippen molar-refractivity contribution in [3.63, 3.8) is 0 Å². The van der Waals surface area contributed by atoms with Crippen molar-refractivity contribution in [1.82, 2.24) is 20.1 Å². The summed E-state index contributed by atoms with van der Waals surface area (Å²) in [5.74, 6) is 1.40. The molecule has 0 saturated carbocycles. The number of aryl methyl sites for hydroxylation is 1. The van der Waals surface area contributed by atoms with Crippen molar-refractivity contribution in [2.45, 2.75) is 38.4 Å². The van der Waals surface area contributed by atoms with E-state index in [1.54, 1.807) is 23.9 Å². The second-order valence-corrected chi connectivity index (χ2v) is 7.60. The molecule has 140 valence electrons. The number of carbonyl (C=O) groups is 1. The van der Waals surface area contributed by atoms with E-state index in [1.807, 2.05) is 24.5 Å². The Morgan fingerprint density at radius 2 is 2.19 bits per heavy atom. The number of amides is 1. The highest BCUT2D eigenvalue weighted by molar-refractivity contribution is 7.98. The van der Waals surface area contributed by atoms with E-state index in [-0.39, 0.29) is 5.91 Å². The monoisotopic (exact) mass is 392 g/mol. The van der Waals surface area contributed by atoms with Crippen molar-refractivity contribution in [3.8, 4) is 0 Å². The Hall–Kier alpha value is -1.79.